The van der Waals surface area contributed by atoms with Gasteiger partial charge in [-0.25, -0.2) is 0 Å². The van der Waals surface area contributed by atoms with Crippen LogP contribution in [0.2, 0.25) is 5.02 Å². The molecule has 148 valence electrons. The van der Waals surface area contributed by atoms with Gasteiger partial charge in [0.2, 0.25) is 0 Å². The van der Waals surface area contributed by atoms with Gasteiger partial charge in [0.15, 0.2) is 0 Å². The molecule has 27 heavy (non-hydrogen) atoms. The van der Waals surface area contributed by atoms with Gasteiger partial charge in [-0.05, 0) is 30.5 Å². The molecule has 9 heteroatoms. The number of halogens is 4. The van der Waals surface area contributed by atoms with Crippen molar-refractivity contribution in [2.45, 2.75) is 50.9 Å². The van der Waals surface area contributed by atoms with Crippen LogP contribution in [0.15, 0.2) is 30.0 Å². The fraction of sp³-hybridized carbons (Fsp3) is 0.444. The second kappa shape index (κ2) is 8.65. The van der Waals surface area contributed by atoms with Gasteiger partial charge in [-0.1, -0.05) is 43.0 Å². The van der Waals surface area contributed by atoms with Crippen LogP contribution in [0.5, 0.6) is 0 Å². The predicted octanol–water partition coefficient (Wildman–Crippen LogP) is 4.01. The van der Waals surface area contributed by atoms with Crippen LogP contribution in [-0.2, 0) is 11.3 Å². The van der Waals surface area contributed by atoms with Crippen LogP contribution >= 0.6 is 11.6 Å². The average molecular weight is 403 g/mol. The number of nitrogens with one attached hydrogen (secondary N) is 1. The molecule has 0 unspecified atom stereocenters. The Morgan fingerprint density at radius 1 is 1.30 bits per heavy atom. The summed E-state index contributed by atoms with van der Waals surface area (Å²) < 4.78 is 37.9. The molecule has 0 spiro atoms. The summed E-state index contributed by atoms with van der Waals surface area (Å²) in [5.74, 6) is -0.812. The number of rotatable bonds is 5. The maximum atomic E-state index is 12.8. The second-order valence-electron chi connectivity index (χ2n) is 6.56. The molecule has 2 rings (SSSR count). The summed E-state index contributed by atoms with van der Waals surface area (Å²) in [5.41, 5.74) is 9.39. The highest BCUT2D eigenvalue weighted by Gasteiger charge is 2.33. The second-order valence-corrected chi connectivity index (χ2v) is 6.93. The molecule has 1 aromatic rings. The third-order valence-corrected chi connectivity index (χ3v) is 5.04. The zero-order valence-corrected chi connectivity index (χ0v) is 15.4. The first kappa shape index (κ1) is 21.1. The van der Waals surface area contributed by atoms with E-state index < -0.39 is 23.5 Å². The Labute approximate surface area is 160 Å². The lowest BCUT2D eigenvalue weighted by molar-refractivity contribution is -0.127. The van der Waals surface area contributed by atoms with Gasteiger partial charge in [0.25, 0.3) is 5.91 Å². The molecule has 0 saturated heterocycles. The molecule has 0 radical (unpaired) electrons. The predicted molar refractivity (Wildman–Crippen MR) is 99.3 cm³/mol. The summed E-state index contributed by atoms with van der Waals surface area (Å²) in [7, 11) is 0. The number of anilines is 1. The van der Waals surface area contributed by atoms with Crippen molar-refractivity contribution in [1.82, 2.24) is 4.90 Å². The summed E-state index contributed by atoms with van der Waals surface area (Å²) in [6.45, 7) is 0.0650. The molecule has 0 bridgehead atoms. The van der Waals surface area contributed by atoms with Crippen molar-refractivity contribution >= 4 is 28.9 Å². The number of allylic oxidation sites excluding steroid dienone is 1. The molecule has 0 aliphatic heterocycles. The Balaban J connectivity index is 2.30. The first-order valence-corrected chi connectivity index (χ1v) is 8.95. The summed E-state index contributed by atoms with van der Waals surface area (Å²) in [5, 5.41) is 8.11. The van der Waals surface area contributed by atoms with Crippen LogP contribution in [0, 0.1) is 5.41 Å². The van der Waals surface area contributed by atoms with Crippen molar-refractivity contribution in [3.05, 3.63) is 40.6 Å². The average Bonchev–Trinajstić information content (AvgIpc) is 2.62. The quantitative estimate of drug-likeness (QED) is 0.512. The molecule has 1 aromatic carbocycles. The first-order chi connectivity index (χ1) is 12.6. The van der Waals surface area contributed by atoms with E-state index in [1.165, 1.54) is 4.90 Å². The number of nitrogens with two attached hydrogens (primary N) is 2. The molecular formula is C18H22ClF3N4O. The largest absolute Gasteiger partial charge is 0.430 e. The minimum Gasteiger partial charge on any atom is -0.398 e. The molecule has 5 nitrogen and oxygen atoms in total. The molecule has 1 fully saturated rings. The van der Waals surface area contributed by atoms with E-state index in [1.54, 1.807) is 18.2 Å². The standard InChI is InChI=1S/C18H22ClF3N4O/c19-16-11(5-4-8-13(16)23)10-26(12-6-2-1-3-7-12)17(27)14(24)9-15(25)18(20,21)22/h4-5,8-9,12,24H,1-3,6-7,10,23,25H2. The molecule has 1 saturated carbocycles. The van der Waals surface area contributed by atoms with Crippen LogP contribution in [0.3, 0.4) is 0 Å². The zero-order valence-electron chi connectivity index (χ0n) is 14.7. The topological polar surface area (TPSA) is 96.2 Å². The number of benzene rings is 1. The Bertz CT molecular complexity index is 743. The molecule has 1 amide bonds. The van der Waals surface area contributed by atoms with Gasteiger partial charge in [0.05, 0.1) is 10.7 Å². The first-order valence-electron chi connectivity index (χ1n) is 8.58. The van der Waals surface area contributed by atoms with Gasteiger partial charge in [-0.15, -0.1) is 0 Å². The van der Waals surface area contributed by atoms with Crippen LogP contribution in [0.25, 0.3) is 0 Å². The smallest absolute Gasteiger partial charge is 0.398 e. The zero-order chi connectivity index (χ0) is 20.2. The van der Waals surface area contributed by atoms with Crippen LogP contribution in [0.1, 0.15) is 37.7 Å². The summed E-state index contributed by atoms with van der Waals surface area (Å²) >= 11 is 6.21. The normalized spacial score (nSPS) is 16.2. The molecule has 1 aliphatic rings. The summed E-state index contributed by atoms with van der Waals surface area (Å²) in [6.07, 6.45) is -0.136. The lowest BCUT2D eigenvalue weighted by Crippen LogP contribution is -2.44. The van der Waals surface area contributed by atoms with Crippen molar-refractivity contribution in [2.75, 3.05) is 5.73 Å². The monoisotopic (exact) mass is 402 g/mol. The number of nitrogens with zero attached hydrogens (tertiary/aromatic N) is 1. The van der Waals surface area contributed by atoms with Gasteiger partial charge in [-0.3, -0.25) is 10.2 Å². The minimum absolute atomic E-state index is 0.0650. The minimum atomic E-state index is -4.79. The van der Waals surface area contributed by atoms with E-state index in [0.29, 0.717) is 22.3 Å². The number of carbonyl (C=O) groups excluding carboxylic acids is 1. The highest BCUT2D eigenvalue weighted by atomic mass is 35.5. The molecule has 0 heterocycles. The highest BCUT2D eigenvalue weighted by Crippen LogP contribution is 2.29. The van der Waals surface area contributed by atoms with Gasteiger partial charge >= 0.3 is 6.18 Å². The molecular weight excluding hydrogens is 381 g/mol. The van der Waals surface area contributed by atoms with E-state index in [4.69, 9.17) is 28.5 Å². The molecule has 1 aliphatic carbocycles. The third kappa shape index (κ3) is 5.38. The van der Waals surface area contributed by atoms with E-state index in [1.807, 2.05) is 0 Å². The van der Waals surface area contributed by atoms with Gasteiger partial charge < -0.3 is 16.4 Å². The summed E-state index contributed by atoms with van der Waals surface area (Å²) in [4.78, 5) is 14.2. The Kier molecular flexibility index (Phi) is 6.75. The fourth-order valence-corrected chi connectivity index (χ4v) is 3.30. The van der Waals surface area contributed by atoms with Crippen LogP contribution < -0.4 is 11.5 Å². The summed E-state index contributed by atoms with van der Waals surface area (Å²) in [6, 6.07) is 4.83. The highest BCUT2D eigenvalue weighted by molar-refractivity contribution is 6.42. The van der Waals surface area contributed by atoms with Crippen LogP contribution in [0.4, 0.5) is 18.9 Å². The van der Waals surface area contributed by atoms with Crippen molar-refractivity contribution in [2.24, 2.45) is 5.73 Å². The van der Waals surface area contributed by atoms with E-state index >= 15 is 0 Å². The van der Waals surface area contributed by atoms with Crippen molar-refractivity contribution in [1.29, 1.82) is 5.41 Å². The number of nitrogen functional groups attached to an aromatic ring is 1. The number of carbonyl (C=O) groups is 1. The van der Waals surface area contributed by atoms with E-state index in [2.05, 4.69) is 0 Å². The SMILES string of the molecule is N=C(C=C(N)C(F)(F)F)C(=O)N(Cc1cccc(N)c1Cl)C1CCCCC1. The third-order valence-electron chi connectivity index (χ3n) is 4.58. The number of amides is 1. The maximum absolute atomic E-state index is 12.8. The van der Waals surface area contributed by atoms with Crippen LogP contribution in [-0.4, -0.2) is 28.7 Å². The lowest BCUT2D eigenvalue weighted by Gasteiger charge is -2.34. The van der Waals surface area contributed by atoms with Gasteiger partial charge in [-0.2, -0.15) is 13.2 Å². The van der Waals surface area contributed by atoms with Crippen molar-refractivity contribution < 1.29 is 18.0 Å². The molecule has 0 aromatic heterocycles. The molecule has 0 atom stereocenters. The fourth-order valence-electron chi connectivity index (χ4n) is 3.12. The number of hydrogen-bond donors (Lipinski definition) is 3. The number of alkyl halides is 3. The van der Waals surface area contributed by atoms with Crippen molar-refractivity contribution in [3.8, 4) is 0 Å². The van der Waals surface area contributed by atoms with E-state index in [0.717, 1.165) is 32.1 Å². The number of hydrogen-bond acceptors (Lipinski definition) is 4. The Hall–Kier alpha value is -2.22. The van der Waals surface area contributed by atoms with E-state index in [-0.39, 0.29) is 12.6 Å². The lowest BCUT2D eigenvalue weighted by atomic mass is 9.93. The Morgan fingerprint density at radius 3 is 2.52 bits per heavy atom. The van der Waals surface area contributed by atoms with Crippen molar-refractivity contribution in [3.63, 3.8) is 0 Å². The molecule has 5 N–H and O–H groups in total. The van der Waals surface area contributed by atoms with Gasteiger partial charge in [0, 0.05) is 12.6 Å². The Morgan fingerprint density at radius 2 is 1.93 bits per heavy atom. The van der Waals surface area contributed by atoms with E-state index in [9.17, 15) is 18.0 Å². The maximum Gasteiger partial charge on any atom is 0.430 e. The van der Waals surface area contributed by atoms with Gasteiger partial charge in [0.1, 0.15) is 11.4 Å².